The molecule has 1 aliphatic heterocycles. The van der Waals surface area contributed by atoms with E-state index in [1.54, 1.807) is 26.5 Å². The lowest BCUT2D eigenvalue weighted by molar-refractivity contribution is -0.144. The molecular weight excluding hydrogens is 400 g/mol. The van der Waals surface area contributed by atoms with Gasteiger partial charge < -0.3 is 20.4 Å². The van der Waals surface area contributed by atoms with Gasteiger partial charge in [0.2, 0.25) is 0 Å². The van der Waals surface area contributed by atoms with Crippen molar-refractivity contribution in [3.63, 3.8) is 0 Å². The van der Waals surface area contributed by atoms with Crippen LogP contribution in [0, 0.1) is 0 Å². The van der Waals surface area contributed by atoms with Crippen LogP contribution in [0.15, 0.2) is 0 Å². The van der Waals surface area contributed by atoms with Crippen LogP contribution < -0.4 is 0 Å². The molecule has 0 spiro atoms. The summed E-state index contributed by atoms with van der Waals surface area (Å²) in [7, 11) is 0. The van der Waals surface area contributed by atoms with Crippen LogP contribution in [0.3, 0.4) is 0 Å². The van der Waals surface area contributed by atoms with E-state index < -0.39 is 29.9 Å². The van der Waals surface area contributed by atoms with E-state index in [4.69, 9.17) is 5.11 Å². The Labute approximate surface area is 175 Å². The fourth-order valence-electron chi connectivity index (χ4n) is 3.50. The van der Waals surface area contributed by atoms with Crippen LogP contribution >= 0.6 is 0 Å². The van der Waals surface area contributed by atoms with Gasteiger partial charge in [0.1, 0.15) is 6.04 Å². The van der Waals surface area contributed by atoms with Crippen molar-refractivity contribution in [2.45, 2.75) is 19.4 Å². The number of carboxylic acids is 4. The summed E-state index contributed by atoms with van der Waals surface area (Å²) in [4.78, 5) is 51.9. The fraction of sp³-hybridized carbons (Fsp3) is 0.778. The van der Waals surface area contributed by atoms with E-state index in [9.17, 15) is 34.5 Å². The second-order valence-electron chi connectivity index (χ2n) is 7.31. The molecule has 1 atom stereocenters. The van der Waals surface area contributed by atoms with Crippen LogP contribution in [0.5, 0.6) is 0 Å². The zero-order valence-corrected chi connectivity index (χ0v) is 17.3. The Morgan fingerprint density at radius 2 is 0.933 bits per heavy atom. The van der Waals surface area contributed by atoms with Gasteiger partial charge in [-0.3, -0.25) is 38.8 Å². The second kappa shape index (κ2) is 13.1. The molecule has 12 heteroatoms. The quantitative estimate of drug-likeness (QED) is 0.328. The molecule has 1 saturated heterocycles. The van der Waals surface area contributed by atoms with Crippen molar-refractivity contribution < 1.29 is 39.6 Å². The van der Waals surface area contributed by atoms with E-state index in [0.29, 0.717) is 58.8 Å². The topological polar surface area (TPSA) is 162 Å². The van der Waals surface area contributed by atoms with Gasteiger partial charge in [-0.05, 0) is 6.42 Å². The van der Waals surface area contributed by atoms with Crippen molar-refractivity contribution in [2.24, 2.45) is 0 Å². The van der Waals surface area contributed by atoms with E-state index in [-0.39, 0.29) is 19.6 Å². The Hall–Kier alpha value is -2.28. The standard InChI is InChI=1S/C18H32N4O8/c1-2-14(18(29)30)22-9-7-20(12-16(25)26)5-3-19(11-15(23)24)4-6-21(8-10-22)13-17(27)28/h14H,2-13H2,1H3,(H,23,24)(H,25,26)(H,27,28)(H,29,30)/t14-/m1/s1. The molecule has 0 unspecified atom stereocenters. The zero-order chi connectivity index (χ0) is 22.7. The third-order valence-electron chi connectivity index (χ3n) is 5.06. The predicted molar refractivity (Wildman–Crippen MR) is 106 cm³/mol. The number of hydrogen-bond acceptors (Lipinski definition) is 8. The lowest BCUT2D eigenvalue weighted by Crippen LogP contribution is -2.51. The van der Waals surface area contributed by atoms with Gasteiger partial charge in [0.25, 0.3) is 0 Å². The van der Waals surface area contributed by atoms with Crippen molar-refractivity contribution in [1.82, 2.24) is 19.6 Å². The van der Waals surface area contributed by atoms with Gasteiger partial charge in [0, 0.05) is 52.4 Å². The van der Waals surface area contributed by atoms with Gasteiger partial charge in [0.05, 0.1) is 19.6 Å². The van der Waals surface area contributed by atoms with Crippen molar-refractivity contribution in [3.8, 4) is 0 Å². The highest BCUT2D eigenvalue weighted by molar-refractivity contribution is 5.73. The highest BCUT2D eigenvalue weighted by Gasteiger charge is 2.26. The van der Waals surface area contributed by atoms with Crippen LogP contribution in [-0.2, 0) is 19.2 Å². The molecule has 1 rings (SSSR count). The normalized spacial score (nSPS) is 20.0. The van der Waals surface area contributed by atoms with Crippen LogP contribution in [0.1, 0.15) is 13.3 Å². The molecule has 0 aliphatic carbocycles. The molecule has 0 radical (unpaired) electrons. The number of hydrogen-bond donors (Lipinski definition) is 4. The third-order valence-corrected chi connectivity index (χ3v) is 5.06. The SMILES string of the molecule is CC[C@H](C(=O)O)N1CCN(CC(=O)O)CCN(CC(=O)O)CCN(CC(=O)O)CC1. The van der Waals surface area contributed by atoms with Gasteiger partial charge in [-0.1, -0.05) is 6.92 Å². The molecule has 30 heavy (non-hydrogen) atoms. The third kappa shape index (κ3) is 9.96. The number of carboxylic acid groups (broad SMARTS) is 4. The summed E-state index contributed by atoms with van der Waals surface area (Å²) in [5.41, 5.74) is 0. The first kappa shape index (κ1) is 25.8. The number of carbonyl (C=O) groups is 4. The number of rotatable bonds is 9. The molecule has 0 bridgehead atoms. The first-order chi connectivity index (χ1) is 14.1. The summed E-state index contributed by atoms with van der Waals surface area (Å²) in [5, 5.41) is 37.0. The Kier molecular flexibility index (Phi) is 11.3. The molecule has 1 heterocycles. The molecule has 12 nitrogen and oxygen atoms in total. The minimum absolute atomic E-state index is 0.231. The van der Waals surface area contributed by atoms with Gasteiger partial charge in [0.15, 0.2) is 0 Å². The lowest BCUT2D eigenvalue weighted by Gasteiger charge is -2.35. The Morgan fingerprint density at radius 1 is 0.633 bits per heavy atom. The first-order valence-corrected chi connectivity index (χ1v) is 9.91. The van der Waals surface area contributed by atoms with E-state index in [1.807, 2.05) is 0 Å². The molecule has 4 N–H and O–H groups in total. The summed E-state index contributed by atoms with van der Waals surface area (Å²) < 4.78 is 0. The summed E-state index contributed by atoms with van der Waals surface area (Å²) in [6.07, 6.45) is 0.361. The maximum Gasteiger partial charge on any atom is 0.320 e. The van der Waals surface area contributed by atoms with E-state index in [1.165, 1.54) is 0 Å². The first-order valence-electron chi connectivity index (χ1n) is 9.91. The number of aliphatic carboxylic acids is 4. The van der Waals surface area contributed by atoms with E-state index >= 15 is 0 Å². The smallest absolute Gasteiger partial charge is 0.320 e. The lowest BCUT2D eigenvalue weighted by atomic mass is 10.2. The van der Waals surface area contributed by atoms with Crippen molar-refractivity contribution in [1.29, 1.82) is 0 Å². The van der Waals surface area contributed by atoms with Crippen molar-refractivity contribution >= 4 is 23.9 Å². The predicted octanol–water partition coefficient (Wildman–Crippen LogP) is -1.67. The molecule has 0 saturated carbocycles. The molecule has 1 fully saturated rings. The van der Waals surface area contributed by atoms with Crippen molar-refractivity contribution in [3.05, 3.63) is 0 Å². The van der Waals surface area contributed by atoms with Crippen LogP contribution in [-0.4, -0.2) is 142 Å². The summed E-state index contributed by atoms with van der Waals surface area (Å²) >= 11 is 0. The highest BCUT2D eigenvalue weighted by atomic mass is 16.4. The molecule has 0 aromatic heterocycles. The minimum atomic E-state index is -1.02. The molecule has 0 aromatic carbocycles. The Morgan fingerprint density at radius 3 is 1.17 bits per heavy atom. The van der Waals surface area contributed by atoms with Gasteiger partial charge in [-0.2, -0.15) is 0 Å². The molecule has 0 amide bonds. The fourth-order valence-corrected chi connectivity index (χ4v) is 3.50. The van der Waals surface area contributed by atoms with Crippen LogP contribution in [0.4, 0.5) is 0 Å². The van der Waals surface area contributed by atoms with Gasteiger partial charge in [-0.15, -0.1) is 0 Å². The van der Waals surface area contributed by atoms with Crippen LogP contribution in [0.2, 0.25) is 0 Å². The molecular formula is C18H32N4O8. The maximum atomic E-state index is 11.6. The Balaban J connectivity index is 3.03. The van der Waals surface area contributed by atoms with Gasteiger partial charge >= 0.3 is 23.9 Å². The van der Waals surface area contributed by atoms with Crippen molar-refractivity contribution in [2.75, 3.05) is 72.0 Å². The van der Waals surface area contributed by atoms with E-state index in [2.05, 4.69) is 0 Å². The average Bonchev–Trinajstić information content (AvgIpc) is 2.62. The zero-order valence-electron chi connectivity index (χ0n) is 17.3. The number of nitrogens with zero attached hydrogens (tertiary/aromatic N) is 4. The summed E-state index contributed by atoms with van der Waals surface area (Å²) in [5.74, 6) is -4.03. The second-order valence-corrected chi connectivity index (χ2v) is 7.31. The molecule has 172 valence electrons. The summed E-state index contributed by atoms with van der Waals surface area (Å²) in [6.45, 7) is 3.47. The largest absolute Gasteiger partial charge is 0.480 e. The minimum Gasteiger partial charge on any atom is -0.480 e. The van der Waals surface area contributed by atoms with Crippen LogP contribution in [0.25, 0.3) is 0 Å². The Bertz CT molecular complexity index is 571. The average molecular weight is 432 g/mol. The molecule has 0 aromatic rings. The highest BCUT2D eigenvalue weighted by Crippen LogP contribution is 2.08. The monoisotopic (exact) mass is 432 g/mol. The van der Waals surface area contributed by atoms with Gasteiger partial charge in [-0.25, -0.2) is 0 Å². The summed E-state index contributed by atoms with van der Waals surface area (Å²) in [6, 6.07) is -0.755. The maximum absolute atomic E-state index is 11.6. The van der Waals surface area contributed by atoms with E-state index in [0.717, 1.165) is 0 Å². The molecule has 1 aliphatic rings.